The lowest BCUT2D eigenvalue weighted by molar-refractivity contribution is -0.129. The topological polar surface area (TPSA) is 58.6 Å². The fourth-order valence-corrected chi connectivity index (χ4v) is 3.47. The van der Waals surface area contributed by atoms with E-state index in [1.807, 2.05) is 25.1 Å². The van der Waals surface area contributed by atoms with Gasteiger partial charge in [0.15, 0.2) is 6.10 Å². The normalized spacial score (nSPS) is 16.9. The summed E-state index contributed by atoms with van der Waals surface area (Å²) in [5.41, 5.74) is 3.04. The van der Waals surface area contributed by atoms with Gasteiger partial charge < -0.3 is 15.0 Å². The molecule has 0 saturated carbocycles. The molecule has 0 saturated heterocycles. The van der Waals surface area contributed by atoms with Crippen molar-refractivity contribution in [3.05, 3.63) is 59.7 Å². The van der Waals surface area contributed by atoms with Crippen LogP contribution >= 0.6 is 0 Å². The van der Waals surface area contributed by atoms with Crippen LogP contribution in [0, 0.1) is 5.92 Å². The van der Waals surface area contributed by atoms with E-state index in [0.29, 0.717) is 17.4 Å². The Balaban J connectivity index is 1.68. The van der Waals surface area contributed by atoms with E-state index in [1.165, 1.54) is 12.5 Å². The number of para-hydroxylation sites is 2. The maximum atomic E-state index is 12.8. The Kier molecular flexibility index (Phi) is 6.02. The summed E-state index contributed by atoms with van der Waals surface area (Å²) in [4.78, 5) is 26.4. The fraction of sp³-hybridized carbons (Fsp3) is 0.391. The molecule has 2 unspecified atom stereocenters. The molecular formula is C23H28N2O3. The Morgan fingerprint density at radius 1 is 1.11 bits per heavy atom. The third-order valence-electron chi connectivity index (χ3n) is 4.93. The minimum atomic E-state index is -0.735. The summed E-state index contributed by atoms with van der Waals surface area (Å²) in [5, 5.41) is 3.01. The summed E-state index contributed by atoms with van der Waals surface area (Å²) >= 11 is 0. The average molecular weight is 380 g/mol. The number of rotatable bonds is 5. The number of ether oxygens (including phenoxy) is 1. The highest BCUT2D eigenvalue weighted by Gasteiger charge is 2.33. The van der Waals surface area contributed by atoms with E-state index in [1.54, 1.807) is 11.0 Å². The molecule has 5 heteroatoms. The van der Waals surface area contributed by atoms with Crippen LogP contribution in [0.2, 0.25) is 0 Å². The van der Waals surface area contributed by atoms with E-state index >= 15 is 0 Å². The van der Waals surface area contributed by atoms with Crippen LogP contribution < -0.4 is 15.0 Å². The second-order valence-corrected chi connectivity index (χ2v) is 7.77. The van der Waals surface area contributed by atoms with Crippen molar-refractivity contribution in [2.24, 2.45) is 5.92 Å². The van der Waals surface area contributed by atoms with Gasteiger partial charge in [0.2, 0.25) is 5.91 Å². The maximum absolute atomic E-state index is 12.8. The summed E-state index contributed by atoms with van der Waals surface area (Å²) in [6.07, 6.45) is 0.304. The Labute approximate surface area is 166 Å². The van der Waals surface area contributed by atoms with E-state index in [2.05, 4.69) is 43.4 Å². The molecule has 148 valence electrons. The van der Waals surface area contributed by atoms with Crippen molar-refractivity contribution in [1.82, 2.24) is 5.32 Å². The lowest BCUT2D eigenvalue weighted by Gasteiger charge is -2.34. The van der Waals surface area contributed by atoms with Crippen LogP contribution in [0.15, 0.2) is 48.5 Å². The highest BCUT2D eigenvalue weighted by molar-refractivity contribution is 5.95. The van der Waals surface area contributed by atoms with Crippen molar-refractivity contribution in [3.8, 4) is 5.75 Å². The molecule has 28 heavy (non-hydrogen) atoms. The second-order valence-electron chi connectivity index (χ2n) is 7.77. The molecular weight excluding hydrogens is 352 g/mol. The van der Waals surface area contributed by atoms with Gasteiger partial charge in [-0.1, -0.05) is 50.2 Å². The van der Waals surface area contributed by atoms with Gasteiger partial charge in [-0.05, 0) is 42.5 Å². The first-order chi connectivity index (χ1) is 13.3. The zero-order chi connectivity index (χ0) is 20.3. The molecule has 3 rings (SSSR count). The van der Waals surface area contributed by atoms with Crippen LogP contribution in [-0.2, 0) is 16.0 Å². The van der Waals surface area contributed by atoms with Crippen LogP contribution in [0.5, 0.6) is 5.75 Å². The van der Waals surface area contributed by atoms with Crippen LogP contribution in [0.3, 0.4) is 0 Å². The summed E-state index contributed by atoms with van der Waals surface area (Å²) < 4.78 is 5.87. The third kappa shape index (κ3) is 4.53. The molecule has 5 nitrogen and oxygen atoms in total. The van der Waals surface area contributed by atoms with Gasteiger partial charge >= 0.3 is 0 Å². The Hall–Kier alpha value is -2.82. The molecule has 1 aliphatic heterocycles. The van der Waals surface area contributed by atoms with Gasteiger partial charge in [0.25, 0.3) is 5.91 Å². The predicted octanol–water partition coefficient (Wildman–Crippen LogP) is 3.88. The standard InChI is InChI=1S/C23H28N2O3/c1-15(2)13-18-9-11-19(12-10-18)16(3)24-23(27)22-14-25(17(4)26)20-7-5-6-8-21(20)28-22/h5-12,15-16,22H,13-14H2,1-4H3,(H,24,27). The summed E-state index contributed by atoms with van der Waals surface area (Å²) in [5.74, 6) is 0.829. The maximum Gasteiger partial charge on any atom is 0.263 e. The molecule has 0 spiro atoms. The summed E-state index contributed by atoms with van der Waals surface area (Å²) in [7, 11) is 0. The number of hydrogen-bond acceptors (Lipinski definition) is 3. The first-order valence-corrected chi connectivity index (χ1v) is 9.78. The van der Waals surface area contributed by atoms with E-state index in [0.717, 1.165) is 12.0 Å². The predicted molar refractivity (Wildman–Crippen MR) is 110 cm³/mol. The summed E-state index contributed by atoms with van der Waals surface area (Å²) in [6, 6.07) is 15.5. The van der Waals surface area contributed by atoms with Crippen molar-refractivity contribution in [3.63, 3.8) is 0 Å². The quantitative estimate of drug-likeness (QED) is 0.856. The monoisotopic (exact) mass is 380 g/mol. The van der Waals surface area contributed by atoms with E-state index in [-0.39, 0.29) is 24.4 Å². The van der Waals surface area contributed by atoms with Gasteiger partial charge in [-0.25, -0.2) is 0 Å². The van der Waals surface area contributed by atoms with Crippen molar-refractivity contribution in [2.45, 2.75) is 46.3 Å². The number of fused-ring (bicyclic) bond motifs is 1. The second kappa shape index (κ2) is 8.46. The summed E-state index contributed by atoms with van der Waals surface area (Å²) in [6.45, 7) is 8.05. The van der Waals surface area contributed by atoms with E-state index in [4.69, 9.17) is 4.74 Å². The Morgan fingerprint density at radius 3 is 2.43 bits per heavy atom. The van der Waals surface area contributed by atoms with Gasteiger partial charge in [0.05, 0.1) is 18.3 Å². The molecule has 0 bridgehead atoms. The van der Waals surface area contributed by atoms with Gasteiger partial charge in [0, 0.05) is 6.92 Å². The first-order valence-electron chi connectivity index (χ1n) is 9.78. The lowest BCUT2D eigenvalue weighted by Crippen LogP contribution is -2.50. The molecule has 0 fully saturated rings. The third-order valence-corrected chi connectivity index (χ3v) is 4.93. The SMILES string of the molecule is CC(=O)N1CC(C(=O)NC(C)c2ccc(CC(C)C)cc2)Oc2ccccc21. The van der Waals surface area contributed by atoms with E-state index < -0.39 is 6.10 Å². The fourth-order valence-electron chi connectivity index (χ4n) is 3.47. The lowest BCUT2D eigenvalue weighted by atomic mass is 10.00. The van der Waals surface area contributed by atoms with Gasteiger partial charge in [-0.15, -0.1) is 0 Å². The number of nitrogens with zero attached hydrogens (tertiary/aromatic N) is 1. The number of carbonyl (C=O) groups is 2. The van der Waals surface area contributed by atoms with Crippen LogP contribution in [0.25, 0.3) is 0 Å². The first kappa shape index (κ1) is 19.9. The zero-order valence-electron chi connectivity index (χ0n) is 16.9. The highest BCUT2D eigenvalue weighted by atomic mass is 16.5. The molecule has 1 N–H and O–H groups in total. The Bertz CT molecular complexity index is 845. The van der Waals surface area contributed by atoms with Gasteiger partial charge in [-0.2, -0.15) is 0 Å². The minimum absolute atomic E-state index is 0.109. The number of hydrogen-bond donors (Lipinski definition) is 1. The van der Waals surface area contributed by atoms with Crippen molar-refractivity contribution >= 4 is 17.5 Å². The molecule has 0 aliphatic carbocycles. The number of nitrogens with one attached hydrogen (secondary N) is 1. The van der Waals surface area contributed by atoms with Crippen LogP contribution in [0.4, 0.5) is 5.69 Å². The molecule has 1 heterocycles. The van der Waals surface area contributed by atoms with Gasteiger partial charge in [-0.3, -0.25) is 9.59 Å². The molecule has 2 aromatic carbocycles. The molecule has 1 aliphatic rings. The zero-order valence-corrected chi connectivity index (χ0v) is 16.9. The van der Waals surface area contributed by atoms with Crippen molar-refractivity contribution in [2.75, 3.05) is 11.4 Å². The number of anilines is 1. The molecule has 0 radical (unpaired) electrons. The number of amides is 2. The minimum Gasteiger partial charge on any atom is -0.477 e. The van der Waals surface area contributed by atoms with Crippen LogP contribution in [-0.4, -0.2) is 24.5 Å². The molecule has 2 aromatic rings. The molecule has 0 aromatic heterocycles. The largest absolute Gasteiger partial charge is 0.477 e. The smallest absolute Gasteiger partial charge is 0.263 e. The van der Waals surface area contributed by atoms with E-state index in [9.17, 15) is 9.59 Å². The van der Waals surface area contributed by atoms with Crippen molar-refractivity contribution < 1.29 is 14.3 Å². The average Bonchev–Trinajstić information content (AvgIpc) is 2.67. The highest BCUT2D eigenvalue weighted by Crippen LogP contribution is 2.33. The number of benzene rings is 2. The van der Waals surface area contributed by atoms with Gasteiger partial charge in [0.1, 0.15) is 5.75 Å². The Morgan fingerprint density at radius 2 is 1.79 bits per heavy atom. The molecule has 2 atom stereocenters. The van der Waals surface area contributed by atoms with Crippen molar-refractivity contribution in [1.29, 1.82) is 0 Å². The van der Waals surface area contributed by atoms with Crippen LogP contribution in [0.1, 0.15) is 44.9 Å². The number of carbonyl (C=O) groups excluding carboxylic acids is 2. The molecule has 2 amide bonds.